The van der Waals surface area contributed by atoms with Crippen LogP contribution in [-0.4, -0.2) is 17.7 Å². The van der Waals surface area contributed by atoms with E-state index >= 15 is 0 Å². The Balaban J connectivity index is 2.01. The van der Waals surface area contributed by atoms with Crippen molar-refractivity contribution in [3.05, 3.63) is 77.9 Å². The third-order valence-corrected chi connectivity index (χ3v) is 4.68. The number of aliphatic imine (C=N–C) groups is 2. The summed E-state index contributed by atoms with van der Waals surface area (Å²) in [5, 5.41) is 0. The third-order valence-electron chi connectivity index (χ3n) is 4.68. The van der Waals surface area contributed by atoms with Gasteiger partial charge in [0.25, 0.3) is 0 Å². The molecule has 1 aliphatic carbocycles. The number of carbonyl (C=O) groups excluding carboxylic acids is 2. The highest BCUT2D eigenvalue weighted by atomic mass is 16.1. The summed E-state index contributed by atoms with van der Waals surface area (Å²) in [5.74, 6) is -0.0498. The minimum absolute atomic E-state index is 0.0498. The number of allylic oxidation sites excluding steroid dienone is 2. The Hall–Kier alpha value is -3.32. The van der Waals surface area contributed by atoms with E-state index in [-0.39, 0.29) is 5.92 Å². The number of rotatable bonds is 4. The Morgan fingerprint density at radius 2 is 1.73 bits per heavy atom. The maximum atomic E-state index is 10.9. The second kappa shape index (κ2) is 7.28. The molecular formula is C22H18N2O2. The van der Waals surface area contributed by atoms with Gasteiger partial charge in [0.1, 0.15) is 0 Å². The fourth-order valence-corrected chi connectivity index (χ4v) is 3.26. The maximum absolute atomic E-state index is 10.9. The summed E-state index contributed by atoms with van der Waals surface area (Å²) >= 11 is 0. The molecule has 0 aromatic heterocycles. The van der Waals surface area contributed by atoms with E-state index in [0.717, 1.165) is 22.3 Å². The average Bonchev–Trinajstić information content (AvgIpc) is 2.65. The number of hydrogen-bond donors (Lipinski definition) is 0. The van der Waals surface area contributed by atoms with Gasteiger partial charge in [0.2, 0.25) is 12.2 Å². The molecule has 1 aliphatic rings. The summed E-state index contributed by atoms with van der Waals surface area (Å²) in [5.41, 5.74) is 3.94. The number of para-hydroxylation sites is 1. The van der Waals surface area contributed by atoms with E-state index in [1.54, 1.807) is 18.2 Å². The molecule has 3 rings (SSSR count). The fourth-order valence-electron chi connectivity index (χ4n) is 3.26. The van der Waals surface area contributed by atoms with Crippen molar-refractivity contribution in [3.63, 3.8) is 0 Å². The van der Waals surface area contributed by atoms with E-state index < -0.39 is 5.54 Å². The minimum atomic E-state index is -0.650. The molecule has 0 saturated carbocycles. The SMILES string of the molecule is CC1=CC(c2ccc(-c3ccccc3N=C=O)cc2)C(C)(N=C=O)C=C1. The number of isocyanates is 2. The zero-order valence-corrected chi connectivity index (χ0v) is 14.6. The van der Waals surface area contributed by atoms with Gasteiger partial charge in [-0.15, -0.1) is 0 Å². The molecule has 0 amide bonds. The van der Waals surface area contributed by atoms with Crippen molar-refractivity contribution in [1.29, 1.82) is 0 Å². The molecule has 4 nitrogen and oxygen atoms in total. The van der Waals surface area contributed by atoms with Crippen molar-refractivity contribution >= 4 is 17.8 Å². The molecular weight excluding hydrogens is 324 g/mol. The molecule has 0 N–H and O–H groups in total. The zero-order chi connectivity index (χ0) is 18.6. The summed E-state index contributed by atoms with van der Waals surface area (Å²) in [7, 11) is 0. The molecule has 2 unspecified atom stereocenters. The Morgan fingerprint density at radius 3 is 2.42 bits per heavy atom. The Labute approximate surface area is 152 Å². The summed E-state index contributed by atoms with van der Waals surface area (Å²) in [6.07, 6.45) is 9.32. The molecule has 2 atom stereocenters. The molecule has 0 spiro atoms. The zero-order valence-electron chi connectivity index (χ0n) is 14.6. The lowest BCUT2D eigenvalue weighted by Gasteiger charge is -2.31. The highest BCUT2D eigenvalue weighted by molar-refractivity contribution is 5.77. The molecule has 0 fully saturated rings. The lowest BCUT2D eigenvalue weighted by atomic mass is 9.76. The molecule has 0 aliphatic heterocycles. The van der Waals surface area contributed by atoms with E-state index in [0.29, 0.717) is 5.69 Å². The molecule has 0 radical (unpaired) electrons. The predicted molar refractivity (Wildman–Crippen MR) is 102 cm³/mol. The van der Waals surface area contributed by atoms with Crippen LogP contribution in [0.25, 0.3) is 11.1 Å². The summed E-state index contributed by atoms with van der Waals surface area (Å²) in [6, 6.07) is 15.4. The largest absolute Gasteiger partial charge is 0.240 e. The standard InChI is InChI=1S/C22H18N2O2/c1-16-11-12-22(2,24-15-26)20(13-16)18-9-7-17(8-10-18)19-5-3-4-6-21(19)23-14-25/h3-13,20H,1-2H3. The minimum Gasteiger partial charge on any atom is -0.211 e. The number of nitrogens with zero attached hydrogens (tertiary/aromatic N) is 2. The van der Waals surface area contributed by atoms with E-state index in [1.165, 1.54) is 0 Å². The van der Waals surface area contributed by atoms with Gasteiger partial charge >= 0.3 is 0 Å². The van der Waals surface area contributed by atoms with Gasteiger partial charge in [-0.2, -0.15) is 9.98 Å². The summed E-state index contributed by atoms with van der Waals surface area (Å²) < 4.78 is 0. The monoisotopic (exact) mass is 342 g/mol. The van der Waals surface area contributed by atoms with Crippen LogP contribution < -0.4 is 0 Å². The van der Waals surface area contributed by atoms with Crippen molar-refractivity contribution in [3.8, 4) is 11.1 Å². The van der Waals surface area contributed by atoms with Gasteiger partial charge in [-0.3, -0.25) is 0 Å². The van der Waals surface area contributed by atoms with Crippen LogP contribution in [0.2, 0.25) is 0 Å². The molecule has 128 valence electrons. The van der Waals surface area contributed by atoms with Gasteiger partial charge in [0.05, 0.1) is 11.2 Å². The average molecular weight is 342 g/mol. The van der Waals surface area contributed by atoms with Gasteiger partial charge < -0.3 is 0 Å². The molecule has 2 aromatic rings. The lowest BCUT2D eigenvalue weighted by molar-refractivity contribution is 0.502. The Bertz CT molecular complexity index is 975. The van der Waals surface area contributed by atoms with Gasteiger partial charge in [0, 0.05) is 11.5 Å². The van der Waals surface area contributed by atoms with Crippen molar-refractivity contribution in [2.75, 3.05) is 0 Å². The number of hydrogen-bond acceptors (Lipinski definition) is 4. The van der Waals surface area contributed by atoms with E-state index in [4.69, 9.17) is 0 Å². The highest BCUT2D eigenvalue weighted by Crippen LogP contribution is 2.39. The summed E-state index contributed by atoms with van der Waals surface area (Å²) in [4.78, 5) is 29.3. The first-order valence-corrected chi connectivity index (χ1v) is 8.31. The molecule has 2 aromatic carbocycles. The molecule has 0 bridgehead atoms. The van der Waals surface area contributed by atoms with Crippen LogP contribution in [0.4, 0.5) is 5.69 Å². The first-order chi connectivity index (χ1) is 12.6. The van der Waals surface area contributed by atoms with Crippen molar-refractivity contribution < 1.29 is 9.59 Å². The van der Waals surface area contributed by atoms with Gasteiger partial charge in [-0.1, -0.05) is 66.3 Å². The van der Waals surface area contributed by atoms with Crippen LogP contribution in [0.15, 0.2) is 82.3 Å². The molecule has 0 heterocycles. The van der Waals surface area contributed by atoms with Crippen molar-refractivity contribution in [2.24, 2.45) is 9.98 Å². The first kappa shape index (κ1) is 17.5. The second-order valence-electron chi connectivity index (χ2n) is 6.49. The third kappa shape index (κ3) is 3.38. The Morgan fingerprint density at radius 1 is 1.00 bits per heavy atom. The van der Waals surface area contributed by atoms with E-state index in [2.05, 4.69) is 16.1 Å². The lowest BCUT2D eigenvalue weighted by Crippen LogP contribution is -2.29. The van der Waals surface area contributed by atoms with Crippen molar-refractivity contribution in [1.82, 2.24) is 0 Å². The van der Waals surface area contributed by atoms with Gasteiger partial charge in [-0.05, 0) is 31.0 Å². The molecule has 4 heteroatoms. The van der Waals surface area contributed by atoms with Crippen molar-refractivity contribution in [2.45, 2.75) is 25.3 Å². The van der Waals surface area contributed by atoms with Crippen LogP contribution in [0.3, 0.4) is 0 Å². The summed E-state index contributed by atoms with van der Waals surface area (Å²) in [6.45, 7) is 3.94. The van der Waals surface area contributed by atoms with Crippen LogP contribution in [0, 0.1) is 0 Å². The van der Waals surface area contributed by atoms with Crippen LogP contribution in [0.5, 0.6) is 0 Å². The normalized spacial score (nSPS) is 21.3. The highest BCUT2D eigenvalue weighted by Gasteiger charge is 2.33. The maximum Gasteiger partial charge on any atom is 0.240 e. The molecule has 0 saturated heterocycles. The first-order valence-electron chi connectivity index (χ1n) is 8.31. The topological polar surface area (TPSA) is 58.9 Å². The number of benzene rings is 2. The second-order valence-corrected chi connectivity index (χ2v) is 6.49. The van der Waals surface area contributed by atoms with E-state index in [1.807, 2.05) is 68.5 Å². The smallest absolute Gasteiger partial charge is 0.211 e. The van der Waals surface area contributed by atoms with Crippen LogP contribution in [0.1, 0.15) is 25.3 Å². The Kier molecular flexibility index (Phi) is 4.90. The van der Waals surface area contributed by atoms with Gasteiger partial charge in [-0.25, -0.2) is 9.59 Å². The van der Waals surface area contributed by atoms with Crippen LogP contribution >= 0.6 is 0 Å². The fraction of sp³-hybridized carbons (Fsp3) is 0.182. The van der Waals surface area contributed by atoms with Gasteiger partial charge in [0.15, 0.2) is 0 Å². The van der Waals surface area contributed by atoms with E-state index in [9.17, 15) is 9.59 Å². The molecule has 26 heavy (non-hydrogen) atoms. The quantitative estimate of drug-likeness (QED) is 0.579. The van der Waals surface area contributed by atoms with Crippen LogP contribution in [-0.2, 0) is 9.59 Å². The predicted octanol–water partition coefficient (Wildman–Crippen LogP) is 5.02.